The lowest BCUT2D eigenvalue weighted by Crippen LogP contribution is -1.67. The highest BCUT2D eigenvalue weighted by Gasteiger charge is 1.68. The maximum absolute atomic E-state index is 3.97. The molecule has 0 saturated heterocycles. The Morgan fingerprint density at radius 2 is 1.06 bits per heavy atom. The largest absolute Gasteiger partial charge is 0.269 e. The van der Waals surface area contributed by atoms with Crippen molar-refractivity contribution < 1.29 is 0 Å². The third-order valence-corrected chi connectivity index (χ3v) is 0.758. The Morgan fingerprint density at radius 1 is 0.722 bits per heavy atom. The minimum absolute atomic E-state index is 1.09. The lowest BCUT2D eigenvalue weighted by atomic mass is 10.4. The fourth-order valence-electron chi connectivity index (χ4n) is 0.351. The molecule has 0 spiro atoms. The smallest absolute Gasteiger partial charge is 0.0221 e. The number of hydrogen-bond acceptors (Lipinski definition) is 1. The third kappa shape index (κ3) is 165. The molecule has 0 aromatic carbocycles. The molecule has 116 valence electrons. The molecule has 1 nitrogen and oxygen atoms in total. The summed E-state index contributed by atoms with van der Waals surface area (Å²) in [4.78, 5) is 3.97. The van der Waals surface area contributed by atoms with Crippen molar-refractivity contribution in [3.05, 3.63) is 12.3 Å². The van der Waals surface area contributed by atoms with Gasteiger partial charge in [-0.1, -0.05) is 88.7 Å². The number of allylic oxidation sites excluding steroid dienone is 1. The molecule has 0 saturated carbocycles. The topological polar surface area (TPSA) is 12.4 Å². The van der Waals surface area contributed by atoms with E-state index in [0.717, 1.165) is 6.42 Å². The van der Waals surface area contributed by atoms with Gasteiger partial charge >= 0.3 is 0 Å². The number of hydrogen-bond donors (Lipinski definition) is 0. The SMILES string of the molecule is C/C=C\N=CCCC.CC.CC.CC.CC.CC. The molecule has 0 aromatic rings. The number of aliphatic imine (C=N–C) groups is 1. The van der Waals surface area contributed by atoms with Gasteiger partial charge in [0.25, 0.3) is 0 Å². The van der Waals surface area contributed by atoms with E-state index < -0.39 is 0 Å². The minimum Gasteiger partial charge on any atom is -0.269 e. The average Bonchev–Trinajstić information content (AvgIpc) is 2.54. The van der Waals surface area contributed by atoms with E-state index in [0.29, 0.717) is 0 Å². The van der Waals surface area contributed by atoms with Gasteiger partial charge in [-0.2, -0.15) is 0 Å². The van der Waals surface area contributed by atoms with Crippen LogP contribution in [0.4, 0.5) is 0 Å². The maximum Gasteiger partial charge on any atom is 0.0221 e. The van der Waals surface area contributed by atoms with Crippen molar-refractivity contribution in [3.63, 3.8) is 0 Å². The van der Waals surface area contributed by atoms with E-state index in [9.17, 15) is 0 Å². The normalized spacial score (nSPS) is 6.89. The summed E-state index contributed by atoms with van der Waals surface area (Å²) in [5, 5.41) is 0. The van der Waals surface area contributed by atoms with Gasteiger partial charge in [0.2, 0.25) is 0 Å². The second-order valence-corrected chi connectivity index (χ2v) is 1.60. The molecule has 0 bridgehead atoms. The molecular formula is C17H43N. The predicted molar refractivity (Wildman–Crippen MR) is 95.0 cm³/mol. The van der Waals surface area contributed by atoms with E-state index in [2.05, 4.69) is 11.9 Å². The third-order valence-electron chi connectivity index (χ3n) is 0.758. The number of rotatable bonds is 3. The van der Waals surface area contributed by atoms with Gasteiger partial charge < -0.3 is 0 Å². The van der Waals surface area contributed by atoms with E-state index in [1.54, 1.807) is 6.20 Å². The highest BCUT2D eigenvalue weighted by Crippen LogP contribution is 1.80. The second kappa shape index (κ2) is 133. The van der Waals surface area contributed by atoms with Crippen molar-refractivity contribution in [2.45, 2.75) is 95.9 Å². The van der Waals surface area contributed by atoms with E-state index in [4.69, 9.17) is 0 Å². The molecule has 0 aliphatic rings. The minimum atomic E-state index is 1.09. The standard InChI is InChI=1S/C7H13N.5C2H6/c1-3-5-7-8-6-4-2;5*1-2/h4,6-7H,3,5H2,1-2H3;5*1-2H3/b6-4-,8-7?;;;;;. The van der Waals surface area contributed by atoms with Gasteiger partial charge in [0.1, 0.15) is 0 Å². The van der Waals surface area contributed by atoms with Crippen LogP contribution >= 0.6 is 0 Å². The molecule has 0 aliphatic carbocycles. The number of nitrogens with zero attached hydrogens (tertiary/aromatic N) is 1. The first-order valence-corrected chi connectivity index (χ1v) is 8.04. The molecule has 0 N–H and O–H groups in total. The molecule has 0 aromatic heterocycles. The predicted octanol–water partition coefficient (Wildman–Crippen LogP) is 7.52. The van der Waals surface area contributed by atoms with Crippen LogP contribution in [0.1, 0.15) is 95.9 Å². The molecule has 0 unspecified atom stereocenters. The van der Waals surface area contributed by atoms with Crippen LogP contribution in [0.5, 0.6) is 0 Å². The van der Waals surface area contributed by atoms with E-state index in [1.807, 2.05) is 88.5 Å². The van der Waals surface area contributed by atoms with Crippen LogP contribution < -0.4 is 0 Å². The summed E-state index contributed by atoms with van der Waals surface area (Å²) < 4.78 is 0. The van der Waals surface area contributed by atoms with Crippen molar-refractivity contribution in [2.75, 3.05) is 0 Å². The van der Waals surface area contributed by atoms with Crippen molar-refractivity contribution in [3.8, 4) is 0 Å². The summed E-state index contributed by atoms with van der Waals surface area (Å²) >= 11 is 0. The highest BCUT2D eigenvalue weighted by atomic mass is 14.7. The Morgan fingerprint density at radius 3 is 1.28 bits per heavy atom. The van der Waals surface area contributed by atoms with Gasteiger partial charge in [-0.05, 0) is 13.3 Å². The first-order chi connectivity index (χ1) is 8.91. The molecule has 0 aliphatic heterocycles. The molecule has 0 radical (unpaired) electrons. The summed E-state index contributed by atoms with van der Waals surface area (Å²) in [6.07, 6.45) is 7.92. The van der Waals surface area contributed by atoms with Gasteiger partial charge in [0, 0.05) is 12.4 Å². The Labute approximate surface area is 120 Å². The van der Waals surface area contributed by atoms with Crippen LogP contribution in [0.3, 0.4) is 0 Å². The molecule has 0 heterocycles. The van der Waals surface area contributed by atoms with Crippen LogP contribution in [0.25, 0.3) is 0 Å². The molecule has 0 amide bonds. The summed E-state index contributed by atoms with van der Waals surface area (Å²) in [6.45, 7) is 24.1. The van der Waals surface area contributed by atoms with Crippen LogP contribution in [0.2, 0.25) is 0 Å². The van der Waals surface area contributed by atoms with Gasteiger partial charge in [0.15, 0.2) is 0 Å². The summed E-state index contributed by atoms with van der Waals surface area (Å²) in [5.74, 6) is 0. The van der Waals surface area contributed by atoms with E-state index >= 15 is 0 Å². The fourth-order valence-corrected chi connectivity index (χ4v) is 0.351. The zero-order chi connectivity index (χ0) is 16.2. The van der Waals surface area contributed by atoms with Crippen molar-refractivity contribution in [1.29, 1.82) is 0 Å². The highest BCUT2D eigenvalue weighted by molar-refractivity contribution is 5.57. The summed E-state index contributed by atoms with van der Waals surface area (Å²) in [6, 6.07) is 0. The van der Waals surface area contributed by atoms with Gasteiger partial charge in [-0.3, -0.25) is 4.99 Å². The number of unbranched alkanes of at least 4 members (excludes halogenated alkanes) is 1. The quantitative estimate of drug-likeness (QED) is 0.466. The Hall–Kier alpha value is -0.590. The Bertz CT molecular complexity index is 83.6. The first kappa shape index (κ1) is 36.0. The van der Waals surface area contributed by atoms with Crippen LogP contribution in [0.15, 0.2) is 17.3 Å². The molecule has 18 heavy (non-hydrogen) atoms. The second-order valence-electron chi connectivity index (χ2n) is 1.60. The van der Waals surface area contributed by atoms with Crippen molar-refractivity contribution in [1.82, 2.24) is 0 Å². The summed E-state index contributed by atoms with van der Waals surface area (Å²) in [7, 11) is 0. The Balaban J connectivity index is -0.0000000304. The molecule has 0 rings (SSSR count). The van der Waals surface area contributed by atoms with E-state index in [1.165, 1.54) is 6.42 Å². The monoisotopic (exact) mass is 261 g/mol. The van der Waals surface area contributed by atoms with Gasteiger partial charge in [-0.25, -0.2) is 0 Å². The molecule has 0 fully saturated rings. The van der Waals surface area contributed by atoms with Crippen molar-refractivity contribution >= 4 is 6.21 Å². The zero-order valence-electron chi connectivity index (χ0n) is 15.6. The maximum atomic E-state index is 3.97. The molecule has 1 heteroatoms. The fraction of sp³-hybridized carbons (Fsp3) is 0.824. The summed E-state index contributed by atoms with van der Waals surface area (Å²) in [5.41, 5.74) is 0. The van der Waals surface area contributed by atoms with Crippen LogP contribution in [-0.2, 0) is 0 Å². The van der Waals surface area contributed by atoms with Crippen LogP contribution in [-0.4, -0.2) is 6.21 Å². The Kier molecular flexibility index (Phi) is 266. The zero-order valence-corrected chi connectivity index (χ0v) is 15.6. The van der Waals surface area contributed by atoms with E-state index in [-0.39, 0.29) is 0 Å². The first-order valence-electron chi connectivity index (χ1n) is 8.04. The molecular weight excluding hydrogens is 218 g/mol. The lowest BCUT2D eigenvalue weighted by Gasteiger charge is -1.78. The van der Waals surface area contributed by atoms with Gasteiger partial charge in [0.05, 0.1) is 0 Å². The molecule has 0 atom stereocenters. The lowest BCUT2D eigenvalue weighted by molar-refractivity contribution is 1.01. The average molecular weight is 262 g/mol. The van der Waals surface area contributed by atoms with Crippen LogP contribution in [0, 0.1) is 0 Å². The van der Waals surface area contributed by atoms with Crippen molar-refractivity contribution in [2.24, 2.45) is 4.99 Å². The van der Waals surface area contributed by atoms with Gasteiger partial charge in [-0.15, -0.1) is 0 Å².